The molecule has 0 fully saturated rings. The maximum atomic E-state index is 12.1. The molecule has 116 valence electrons. The SMILES string of the molecule is COCCN(CCC(=O)OC)C(=O)/C=C/c1ccc(C)o1. The topological polar surface area (TPSA) is 69.0 Å². The Morgan fingerprint density at radius 1 is 1.29 bits per heavy atom. The smallest absolute Gasteiger partial charge is 0.307 e. The molecule has 0 unspecified atom stereocenters. The third kappa shape index (κ3) is 6.27. The predicted molar refractivity (Wildman–Crippen MR) is 77.6 cm³/mol. The van der Waals surface area contributed by atoms with E-state index in [1.165, 1.54) is 18.1 Å². The zero-order valence-electron chi connectivity index (χ0n) is 12.6. The Balaban J connectivity index is 2.60. The molecule has 6 heteroatoms. The van der Waals surface area contributed by atoms with Crippen molar-refractivity contribution in [3.05, 3.63) is 29.7 Å². The molecule has 0 aromatic carbocycles. The molecule has 1 aromatic heterocycles. The fourth-order valence-corrected chi connectivity index (χ4v) is 1.66. The molecular weight excluding hydrogens is 274 g/mol. The Labute approximate surface area is 124 Å². The molecule has 0 spiro atoms. The molecule has 0 aliphatic carbocycles. The van der Waals surface area contributed by atoms with Crippen LogP contribution in [0.3, 0.4) is 0 Å². The number of hydrogen-bond donors (Lipinski definition) is 0. The van der Waals surface area contributed by atoms with Crippen LogP contribution in [0.4, 0.5) is 0 Å². The first kappa shape index (κ1) is 17.0. The summed E-state index contributed by atoms with van der Waals surface area (Å²) in [5.74, 6) is 0.838. The minimum atomic E-state index is -0.351. The summed E-state index contributed by atoms with van der Waals surface area (Å²) in [7, 11) is 2.88. The van der Waals surface area contributed by atoms with Crippen LogP contribution in [-0.4, -0.2) is 50.7 Å². The van der Waals surface area contributed by atoms with Crippen molar-refractivity contribution in [3.63, 3.8) is 0 Å². The first-order chi connectivity index (χ1) is 10.1. The number of amides is 1. The number of nitrogens with zero attached hydrogens (tertiary/aromatic N) is 1. The summed E-state index contributed by atoms with van der Waals surface area (Å²) >= 11 is 0. The van der Waals surface area contributed by atoms with Crippen molar-refractivity contribution in [1.29, 1.82) is 0 Å². The fraction of sp³-hybridized carbons (Fsp3) is 0.467. The zero-order valence-corrected chi connectivity index (χ0v) is 12.6. The largest absolute Gasteiger partial charge is 0.469 e. The molecule has 0 aliphatic rings. The fourth-order valence-electron chi connectivity index (χ4n) is 1.66. The van der Waals surface area contributed by atoms with Crippen LogP contribution in [-0.2, 0) is 19.1 Å². The first-order valence-electron chi connectivity index (χ1n) is 6.66. The molecule has 1 rings (SSSR count). The Bertz CT molecular complexity index is 492. The lowest BCUT2D eigenvalue weighted by atomic mass is 10.3. The Kier molecular flexibility index (Phi) is 7.25. The number of hydrogen-bond acceptors (Lipinski definition) is 5. The highest BCUT2D eigenvalue weighted by Crippen LogP contribution is 2.08. The van der Waals surface area contributed by atoms with Gasteiger partial charge in [-0.05, 0) is 25.1 Å². The molecular formula is C15H21NO5. The minimum absolute atomic E-state index is 0.152. The van der Waals surface area contributed by atoms with Gasteiger partial charge in [-0.15, -0.1) is 0 Å². The van der Waals surface area contributed by atoms with Crippen molar-refractivity contribution in [1.82, 2.24) is 4.90 Å². The highest BCUT2D eigenvalue weighted by Gasteiger charge is 2.12. The maximum Gasteiger partial charge on any atom is 0.307 e. The van der Waals surface area contributed by atoms with Crippen molar-refractivity contribution in [2.75, 3.05) is 33.9 Å². The van der Waals surface area contributed by atoms with Crippen LogP contribution in [0.5, 0.6) is 0 Å². The van der Waals surface area contributed by atoms with Gasteiger partial charge in [0.05, 0.1) is 20.1 Å². The van der Waals surface area contributed by atoms with Crippen LogP contribution in [0.25, 0.3) is 6.08 Å². The van der Waals surface area contributed by atoms with Gasteiger partial charge in [-0.1, -0.05) is 0 Å². The molecule has 1 heterocycles. The second kappa shape index (κ2) is 8.97. The van der Waals surface area contributed by atoms with Crippen LogP contribution in [0.1, 0.15) is 17.9 Å². The van der Waals surface area contributed by atoms with Crippen LogP contribution >= 0.6 is 0 Å². The van der Waals surface area contributed by atoms with Gasteiger partial charge in [0, 0.05) is 26.3 Å². The van der Waals surface area contributed by atoms with Crippen LogP contribution < -0.4 is 0 Å². The van der Waals surface area contributed by atoms with Gasteiger partial charge >= 0.3 is 5.97 Å². The Morgan fingerprint density at radius 2 is 2.05 bits per heavy atom. The molecule has 0 radical (unpaired) electrons. The normalized spacial score (nSPS) is 10.8. The number of carbonyl (C=O) groups excluding carboxylic acids is 2. The van der Waals surface area contributed by atoms with Gasteiger partial charge in [0.1, 0.15) is 11.5 Å². The quantitative estimate of drug-likeness (QED) is 0.538. The highest BCUT2D eigenvalue weighted by atomic mass is 16.5. The summed E-state index contributed by atoms with van der Waals surface area (Å²) in [6.45, 7) is 2.94. The molecule has 0 saturated heterocycles. The van der Waals surface area contributed by atoms with E-state index in [2.05, 4.69) is 4.74 Å². The Hall–Kier alpha value is -2.08. The highest BCUT2D eigenvalue weighted by molar-refractivity contribution is 5.91. The molecule has 0 atom stereocenters. The summed E-state index contributed by atoms with van der Waals surface area (Å²) < 4.78 is 14.9. The first-order valence-corrected chi connectivity index (χ1v) is 6.66. The van der Waals surface area contributed by atoms with E-state index >= 15 is 0 Å². The predicted octanol–water partition coefficient (Wildman–Crippen LogP) is 1.64. The molecule has 0 N–H and O–H groups in total. The third-order valence-electron chi connectivity index (χ3n) is 2.84. The second-order valence-electron chi connectivity index (χ2n) is 4.43. The van der Waals surface area contributed by atoms with E-state index in [9.17, 15) is 9.59 Å². The lowest BCUT2D eigenvalue weighted by Crippen LogP contribution is -2.34. The molecule has 21 heavy (non-hydrogen) atoms. The summed E-state index contributed by atoms with van der Waals surface area (Å²) in [6.07, 6.45) is 3.18. The van der Waals surface area contributed by atoms with E-state index in [0.717, 1.165) is 5.76 Å². The lowest BCUT2D eigenvalue weighted by molar-refractivity contribution is -0.141. The summed E-state index contributed by atoms with van der Waals surface area (Å²) in [6, 6.07) is 3.61. The van der Waals surface area contributed by atoms with E-state index in [-0.39, 0.29) is 24.8 Å². The second-order valence-corrected chi connectivity index (χ2v) is 4.43. The number of ether oxygens (including phenoxy) is 2. The monoisotopic (exact) mass is 295 g/mol. The average Bonchev–Trinajstić information content (AvgIpc) is 2.90. The van der Waals surface area contributed by atoms with Gasteiger partial charge in [0.25, 0.3) is 0 Å². The number of methoxy groups -OCH3 is 2. The molecule has 1 amide bonds. The van der Waals surface area contributed by atoms with Crippen molar-refractivity contribution < 1.29 is 23.5 Å². The van der Waals surface area contributed by atoms with E-state index in [0.29, 0.717) is 18.9 Å². The number of rotatable bonds is 8. The van der Waals surface area contributed by atoms with Crippen LogP contribution in [0.2, 0.25) is 0 Å². The number of furan rings is 1. The average molecular weight is 295 g/mol. The number of aryl methyl sites for hydroxylation is 1. The van der Waals surface area contributed by atoms with E-state index < -0.39 is 0 Å². The zero-order chi connectivity index (χ0) is 15.7. The van der Waals surface area contributed by atoms with Crippen molar-refractivity contribution in [2.45, 2.75) is 13.3 Å². The summed E-state index contributed by atoms with van der Waals surface area (Å²) in [4.78, 5) is 24.8. The van der Waals surface area contributed by atoms with Gasteiger partial charge in [0.15, 0.2) is 0 Å². The van der Waals surface area contributed by atoms with Crippen molar-refractivity contribution in [2.24, 2.45) is 0 Å². The summed E-state index contributed by atoms with van der Waals surface area (Å²) in [5, 5.41) is 0. The van der Waals surface area contributed by atoms with E-state index in [4.69, 9.17) is 9.15 Å². The standard InChI is InChI=1S/C15H21NO5/c1-12-4-5-13(21-12)6-7-14(17)16(10-11-19-2)9-8-15(18)20-3/h4-7H,8-11H2,1-3H3/b7-6+. The van der Waals surface area contributed by atoms with Gasteiger partial charge in [-0.2, -0.15) is 0 Å². The minimum Gasteiger partial charge on any atom is -0.469 e. The molecule has 0 saturated carbocycles. The maximum absolute atomic E-state index is 12.1. The molecule has 0 aliphatic heterocycles. The van der Waals surface area contributed by atoms with Gasteiger partial charge in [-0.3, -0.25) is 9.59 Å². The van der Waals surface area contributed by atoms with Gasteiger partial charge in [-0.25, -0.2) is 0 Å². The lowest BCUT2D eigenvalue weighted by Gasteiger charge is -2.20. The third-order valence-corrected chi connectivity index (χ3v) is 2.84. The molecule has 0 bridgehead atoms. The number of esters is 1. The number of carbonyl (C=O) groups is 2. The van der Waals surface area contributed by atoms with Crippen LogP contribution in [0.15, 0.2) is 22.6 Å². The van der Waals surface area contributed by atoms with Crippen molar-refractivity contribution >= 4 is 18.0 Å². The van der Waals surface area contributed by atoms with E-state index in [1.807, 2.05) is 13.0 Å². The molecule has 1 aromatic rings. The Morgan fingerprint density at radius 3 is 2.62 bits per heavy atom. The van der Waals surface area contributed by atoms with Gasteiger partial charge < -0.3 is 18.8 Å². The molecule has 6 nitrogen and oxygen atoms in total. The van der Waals surface area contributed by atoms with Gasteiger partial charge in [0.2, 0.25) is 5.91 Å². The summed E-state index contributed by atoms with van der Waals surface area (Å²) in [5.41, 5.74) is 0. The van der Waals surface area contributed by atoms with Crippen LogP contribution in [0, 0.1) is 6.92 Å². The van der Waals surface area contributed by atoms with E-state index in [1.54, 1.807) is 19.3 Å². The van der Waals surface area contributed by atoms with Crippen molar-refractivity contribution in [3.8, 4) is 0 Å².